The second kappa shape index (κ2) is 9.34. The van der Waals surface area contributed by atoms with Crippen molar-refractivity contribution in [3.05, 3.63) is 59.6 Å². The third-order valence-corrected chi connectivity index (χ3v) is 6.34. The van der Waals surface area contributed by atoms with E-state index in [9.17, 15) is 4.79 Å². The lowest BCUT2D eigenvalue weighted by molar-refractivity contribution is 0.0532. The molecule has 1 aliphatic rings. The van der Waals surface area contributed by atoms with Gasteiger partial charge in [-0.2, -0.15) is 10.1 Å². The zero-order chi connectivity index (χ0) is 25.4. The van der Waals surface area contributed by atoms with Crippen molar-refractivity contribution in [2.24, 2.45) is 0 Å². The number of nitrogens with zero attached hydrogens (tertiary/aromatic N) is 6. The fourth-order valence-corrected chi connectivity index (χ4v) is 4.28. The lowest BCUT2D eigenvalue weighted by Crippen LogP contribution is -2.40. The average Bonchev–Trinajstić information content (AvgIpc) is 3.51. The first-order valence-electron chi connectivity index (χ1n) is 12.1. The number of carbonyl (C=O) groups is 1. The normalized spacial score (nSPS) is 16.5. The van der Waals surface area contributed by atoms with Gasteiger partial charge in [0.05, 0.1) is 35.8 Å². The van der Waals surface area contributed by atoms with Crippen LogP contribution in [0, 0.1) is 6.92 Å². The number of amides is 1. The number of carbonyl (C=O) groups excluding carboxylic acids is 1. The predicted octanol–water partition coefficient (Wildman–Crippen LogP) is 3.54. The summed E-state index contributed by atoms with van der Waals surface area (Å²) in [6, 6.07) is 8.24. The topological polar surface area (TPSA) is 111 Å². The third-order valence-electron chi connectivity index (χ3n) is 6.34. The van der Waals surface area contributed by atoms with Crippen molar-refractivity contribution in [3.63, 3.8) is 0 Å². The average molecular weight is 490 g/mol. The van der Waals surface area contributed by atoms with Gasteiger partial charge in [0, 0.05) is 30.6 Å². The Labute approximate surface area is 209 Å². The van der Waals surface area contributed by atoms with E-state index in [4.69, 9.17) is 9.26 Å². The lowest BCUT2D eigenvalue weighted by Gasteiger charge is -2.31. The molecule has 4 heterocycles. The fourth-order valence-electron chi connectivity index (χ4n) is 4.28. The zero-order valence-corrected chi connectivity index (χ0v) is 21.3. The van der Waals surface area contributed by atoms with Crippen LogP contribution in [-0.4, -0.2) is 56.4 Å². The van der Waals surface area contributed by atoms with Gasteiger partial charge < -0.3 is 19.5 Å². The maximum absolute atomic E-state index is 12.5. The number of hydrogen-bond donors (Lipinski definition) is 1. The molecule has 10 nitrogen and oxygen atoms in total. The molecule has 1 aromatic carbocycles. The van der Waals surface area contributed by atoms with Gasteiger partial charge in [0.15, 0.2) is 5.82 Å². The smallest absolute Gasteiger partial charge is 0.315 e. The van der Waals surface area contributed by atoms with Gasteiger partial charge in [0.2, 0.25) is 0 Å². The molecule has 1 fully saturated rings. The van der Waals surface area contributed by atoms with Gasteiger partial charge in [-0.3, -0.25) is 4.79 Å². The molecule has 0 saturated carbocycles. The van der Waals surface area contributed by atoms with E-state index in [-0.39, 0.29) is 17.4 Å². The summed E-state index contributed by atoms with van der Waals surface area (Å²) in [6.07, 6.45) is 3.81. The molecular weight excluding hydrogens is 458 g/mol. The van der Waals surface area contributed by atoms with Crippen LogP contribution in [0.4, 0.5) is 5.69 Å². The highest BCUT2D eigenvalue weighted by molar-refractivity contribution is 5.89. The number of nitrogens with one attached hydrogen (secondary N) is 1. The van der Waals surface area contributed by atoms with Crippen molar-refractivity contribution in [2.45, 2.75) is 52.7 Å². The molecule has 1 N–H and O–H groups in total. The van der Waals surface area contributed by atoms with Crippen LogP contribution >= 0.6 is 0 Å². The Morgan fingerprint density at radius 2 is 2.08 bits per heavy atom. The highest BCUT2D eigenvalue weighted by Gasteiger charge is 2.24. The molecule has 1 amide bonds. The van der Waals surface area contributed by atoms with E-state index in [1.807, 2.05) is 50.5 Å². The Morgan fingerprint density at radius 1 is 1.25 bits per heavy atom. The number of morpholine rings is 1. The van der Waals surface area contributed by atoms with Crippen molar-refractivity contribution in [2.75, 3.05) is 24.6 Å². The quantitative estimate of drug-likeness (QED) is 0.453. The van der Waals surface area contributed by atoms with Gasteiger partial charge in [-0.1, -0.05) is 38.1 Å². The van der Waals surface area contributed by atoms with E-state index in [0.29, 0.717) is 19.0 Å². The molecule has 0 unspecified atom stereocenters. The second-order valence-electron chi connectivity index (χ2n) is 10.3. The Morgan fingerprint density at radius 3 is 2.81 bits per heavy atom. The molecule has 0 radical (unpaired) electrons. The van der Waals surface area contributed by atoms with Crippen molar-refractivity contribution in [1.29, 1.82) is 0 Å². The van der Waals surface area contributed by atoms with Crippen LogP contribution in [0.1, 0.15) is 55.3 Å². The maximum Gasteiger partial charge on any atom is 0.315 e. The Hall–Kier alpha value is -3.79. The molecule has 10 heteroatoms. The standard InChI is InChI=1S/C26H31N7O3/c1-16-10-18(6-7-19(16)12-27-23(34)24-30-25(31-36-24)26(3,4)5)22-21-11-20(14-33(21)29-15-28-22)32-8-9-35-17(2)13-32/h6-7,10-11,14-15,17H,8-9,12-13H2,1-5H3,(H,27,34)/t17-/m1/s1. The highest BCUT2D eigenvalue weighted by atomic mass is 16.5. The van der Waals surface area contributed by atoms with Crippen molar-refractivity contribution < 1.29 is 14.1 Å². The molecule has 5 rings (SSSR count). The number of benzene rings is 1. The van der Waals surface area contributed by atoms with Crippen molar-refractivity contribution >= 4 is 17.1 Å². The van der Waals surface area contributed by atoms with Crippen LogP contribution in [0.25, 0.3) is 16.8 Å². The molecular formula is C26H31N7O3. The Kier molecular flexibility index (Phi) is 6.21. The van der Waals surface area contributed by atoms with E-state index < -0.39 is 5.91 Å². The van der Waals surface area contributed by atoms with Crippen LogP contribution in [0.3, 0.4) is 0 Å². The minimum atomic E-state index is -0.392. The van der Waals surface area contributed by atoms with Crippen molar-refractivity contribution in [1.82, 2.24) is 30.1 Å². The minimum absolute atomic E-state index is 0.0312. The van der Waals surface area contributed by atoms with E-state index in [1.54, 1.807) is 6.33 Å². The van der Waals surface area contributed by atoms with Gasteiger partial charge in [0.25, 0.3) is 0 Å². The van der Waals surface area contributed by atoms with E-state index in [0.717, 1.165) is 46.7 Å². The van der Waals surface area contributed by atoms with E-state index in [2.05, 4.69) is 49.5 Å². The molecule has 188 valence electrons. The highest BCUT2D eigenvalue weighted by Crippen LogP contribution is 2.29. The van der Waals surface area contributed by atoms with Gasteiger partial charge in [-0.25, -0.2) is 9.50 Å². The summed E-state index contributed by atoms with van der Waals surface area (Å²) in [5.74, 6) is 0.0782. The number of rotatable bonds is 5. The second-order valence-corrected chi connectivity index (χ2v) is 10.3. The molecule has 0 spiro atoms. The third kappa shape index (κ3) is 4.81. The van der Waals surface area contributed by atoms with Gasteiger partial charge >= 0.3 is 11.8 Å². The maximum atomic E-state index is 12.5. The number of anilines is 1. The number of aromatic nitrogens is 5. The minimum Gasteiger partial charge on any atom is -0.375 e. The van der Waals surface area contributed by atoms with Gasteiger partial charge in [-0.15, -0.1) is 0 Å². The Bertz CT molecular complexity index is 1400. The molecule has 0 bridgehead atoms. The lowest BCUT2D eigenvalue weighted by atomic mass is 9.96. The fraction of sp³-hybridized carbons (Fsp3) is 0.423. The molecule has 3 aromatic heterocycles. The molecule has 4 aromatic rings. The molecule has 1 aliphatic heterocycles. The van der Waals surface area contributed by atoms with Crippen LogP contribution in [0.15, 0.2) is 41.3 Å². The monoisotopic (exact) mass is 489 g/mol. The number of fused-ring (bicyclic) bond motifs is 1. The van der Waals surface area contributed by atoms with E-state index >= 15 is 0 Å². The van der Waals surface area contributed by atoms with Crippen molar-refractivity contribution in [3.8, 4) is 11.3 Å². The SMILES string of the molecule is Cc1cc(-c2ncnn3cc(N4CCO[C@H](C)C4)cc23)ccc1CNC(=O)c1nc(C(C)(C)C)no1. The van der Waals surface area contributed by atoms with Crippen LogP contribution in [0.2, 0.25) is 0 Å². The summed E-state index contributed by atoms with van der Waals surface area (Å²) in [5, 5.41) is 11.2. The van der Waals surface area contributed by atoms with Crippen LogP contribution in [0.5, 0.6) is 0 Å². The zero-order valence-electron chi connectivity index (χ0n) is 21.3. The predicted molar refractivity (Wildman–Crippen MR) is 135 cm³/mol. The summed E-state index contributed by atoms with van der Waals surface area (Å²) in [4.78, 5) is 23.6. The number of aryl methyl sites for hydroxylation is 1. The van der Waals surface area contributed by atoms with Gasteiger partial charge in [-0.05, 0) is 37.1 Å². The molecule has 0 aliphatic carbocycles. The summed E-state index contributed by atoms with van der Waals surface area (Å²) >= 11 is 0. The summed E-state index contributed by atoms with van der Waals surface area (Å²) in [5.41, 5.74) is 5.64. The summed E-state index contributed by atoms with van der Waals surface area (Å²) < 4.78 is 12.7. The number of hydrogen-bond acceptors (Lipinski definition) is 8. The molecule has 36 heavy (non-hydrogen) atoms. The van der Waals surface area contributed by atoms with E-state index in [1.165, 1.54) is 0 Å². The largest absolute Gasteiger partial charge is 0.375 e. The van der Waals surface area contributed by atoms with Crippen LogP contribution < -0.4 is 10.2 Å². The summed E-state index contributed by atoms with van der Waals surface area (Å²) in [6.45, 7) is 12.8. The van der Waals surface area contributed by atoms with Gasteiger partial charge in [0.1, 0.15) is 6.33 Å². The Balaban J connectivity index is 1.33. The molecule has 1 saturated heterocycles. The van der Waals surface area contributed by atoms with Crippen LogP contribution in [-0.2, 0) is 16.7 Å². The first-order valence-corrected chi connectivity index (χ1v) is 12.1. The first kappa shape index (κ1) is 23.9. The first-order chi connectivity index (χ1) is 17.2. The number of ether oxygens (including phenoxy) is 1. The summed E-state index contributed by atoms with van der Waals surface area (Å²) in [7, 11) is 0. The molecule has 1 atom stereocenters.